The fourth-order valence-corrected chi connectivity index (χ4v) is 2.31. The molecule has 0 unspecified atom stereocenters. The maximum absolute atomic E-state index is 11.7. The summed E-state index contributed by atoms with van der Waals surface area (Å²) in [5, 5.41) is 5.89. The average molecular weight is 342 g/mol. The molecule has 0 fully saturated rings. The molecule has 2 aromatic rings. The normalized spacial score (nSPS) is 10.5. The molecule has 0 heterocycles. The minimum absolute atomic E-state index is 0.0316. The predicted molar refractivity (Wildman–Crippen MR) is 98.5 cm³/mol. The van der Waals surface area contributed by atoms with Crippen LogP contribution in [0.1, 0.15) is 16.7 Å². The van der Waals surface area contributed by atoms with E-state index in [9.17, 15) is 4.79 Å². The summed E-state index contributed by atoms with van der Waals surface area (Å²) in [6, 6.07) is 16.0. The molecule has 5 heteroatoms. The van der Waals surface area contributed by atoms with Gasteiger partial charge in [0.15, 0.2) is 0 Å². The van der Waals surface area contributed by atoms with Gasteiger partial charge in [0, 0.05) is 20.2 Å². The van der Waals surface area contributed by atoms with Crippen LogP contribution in [0.2, 0.25) is 0 Å². The molecule has 0 radical (unpaired) electrons. The van der Waals surface area contributed by atoms with E-state index in [4.69, 9.17) is 9.47 Å². The summed E-state index contributed by atoms with van der Waals surface area (Å²) >= 11 is 0. The molecule has 0 aromatic heterocycles. The van der Waals surface area contributed by atoms with E-state index in [-0.39, 0.29) is 5.91 Å². The smallest absolute Gasteiger partial charge is 0.234 e. The maximum Gasteiger partial charge on any atom is 0.234 e. The molecular formula is C20H26N2O3. The van der Waals surface area contributed by atoms with Crippen molar-refractivity contribution in [3.05, 3.63) is 65.2 Å². The van der Waals surface area contributed by atoms with Crippen LogP contribution in [0, 0.1) is 6.92 Å². The molecule has 0 atom stereocenters. The Labute approximate surface area is 149 Å². The highest BCUT2D eigenvalue weighted by Gasteiger charge is 2.02. The predicted octanol–water partition coefficient (Wildman–Crippen LogP) is 2.43. The van der Waals surface area contributed by atoms with Gasteiger partial charge in [0.25, 0.3) is 0 Å². The summed E-state index contributed by atoms with van der Waals surface area (Å²) in [4.78, 5) is 11.7. The van der Waals surface area contributed by atoms with Crippen molar-refractivity contribution in [3.63, 3.8) is 0 Å². The molecule has 0 aliphatic carbocycles. The summed E-state index contributed by atoms with van der Waals surface area (Å²) < 4.78 is 10.7. The molecule has 0 spiro atoms. The third kappa shape index (κ3) is 7.37. The van der Waals surface area contributed by atoms with E-state index in [1.807, 2.05) is 30.3 Å². The Hall–Kier alpha value is -2.37. The number of nitrogens with one attached hydrogen (secondary N) is 2. The van der Waals surface area contributed by atoms with E-state index < -0.39 is 0 Å². The molecule has 0 bridgehead atoms. The van der Waals surface area contributed by atoms with Crippen LogP contribution in [0.3, 0.4) is 0 Å². The third-order valence-corrected chi connectivity index (χ3v) is 3.67. The van der Waals surface area contributed by atoms with Gasteiger partial charge in [-0.25, -0.2) is 0 Å². The fourth-order valence-electron chi connectivity index (χ4n) is 2.31. The number of ether oxygens (including phenoxy) is 2. The number of carbonyl (C=O) groups excluding carboxylic acids is 1. The van der Waals surface area contributed by atoms with Gasteiger partial charge < -0.3 is 20.1 Å². The summed E-state index contributed by atoms with van der Waals surface area (Å²) in [5.74, 6) is 0.786. The van der Waals surface area contributed by atoms with Gasteiger partial charge in [-0.15, -0.1) is 0 Å². The van der Waals surface area contributed by atoms with E-state index >= 15 is 0 Å². The number of hydrogen-bond donors (Lipinski definition) is 2. The van der Waals surface area contributed by atoms with Crippen LogP contribution >= 0.6 is 0 Å². The van der Waals surface area contributed by atoms with Crippen LogP contribution in [0.15, 0.2) is 48.5 Å². The molecule has 5 nitrogen and oxygen atoms in total. The van der Waals surface area contributed by atoms with Crippen molar-refractivity contribution in [1.29, 1.82) is 0 Å². The molecule has 0 aliphatic heterocycles. The largest absolute Gasteiger partial charge is 0.489 e. The molecule has 25 heavy (non-hydrogen) atoms. The minimum Gasteiger partial charge on any atom is -0.489 e. The lowest BCUT2D eigenvalue weighted by Crippen LogP contribution is -2.34. The number of rotatable bonds is 10. The summed E-state index contributed by atoms with van der Waals surface area (Å²) in [6.45, 7) is 4.67. The van der Waals surface area contributed by atoms with Crippen molar-refractivity contribution in [2.24, 2.45) is 0 Å². The van der Waals surface area contributed by atoms with E-state index in [0.29, 0.717) is 32.8 Å². The molecule has 2 N–H and O–H groups in total. The molecule has 134 valence electrons. The van der Waals surface area contributed by atoms with Crippen molar-refractivity contribution < 1.29 is 14.3 Å². The zero-order valence-corrected chi connectivity index (χ0v) is 14.9. The molecule has 1 amide bonds. The third-order valence-electron chi connectivity index (χ3n) is 3.67. The zero-order chi connectivity index (χ0) is 17.9. The first-order chi connectivity index (χ1) is 12.2. The van der Waals surface area contributed by atoms with Crippen molar-refractivity contribution >= 4 is 5.91 Å². The van der Waals surface area contributed by atoms with Crippen molar-refractivity contribution in [3.8, 4) is 5.75 Å². The van der Waals surface area contributed by atoms with Crippen molar-refractivity contribution in [2.45, 2.75) is 20.1 Å². The molecule has 0 aliphatic rings. The van der Waals surface area contributed by atoms with Gasteiger partial charge in [-0.2, -0.15) is 0 Å². The number of carbonyl (C=O) groups is 1. The van der Waals surface area contributed by atoms with Crippen LogP contribution in [0.4, 0.5) is 0 Å². The Kier molecular flexibility index (Phi) is 7.95. The second-order valence-electron chi connectivity index (χ2n) is 5.87. The van der Waals surface area contributed by atoms with Crippen LogP contribution in [0.5, 0.6) is 5.75 Å². The van der Waals surface area contributed by atoms with Gasteiger partial charge in [-0.1, -0.05) is 42.0 Å². The van der Waals surface area contributed by atoms with Crippen LogP contribution < -0.4 is 15.4 Å². The SMILES string of the molecule is COCCNCC(=O)NCc1ccc(OCc2cccc(C)c2)cc1. The molecule has 2 rings (SSSR count). The Morgan fingerprint density at radius 3 is 2.60 bits per heavy atom. The standard InChI is InChI=1S/C20H26N2O3/c1-16-4-3-5-18(12-16)15-25-19-8-6-17(7-9-19)13-22-20(23)14-21-10-11-24-2/h3-9,12,21H,10-11,13-15H2,1-2H3,(H,22,23). The Bertz CT molecular complexity index is 656. The highest BCUT2D eigenvalue weighted by atomic mass is 16.5. The first kappa shape index (κ1) is 19.0. The Morgan fingerprint density at radius 1 is 1.08 bits per heavy atom. The number of methoxy groups -OCH3 is 1. The lowest BCUT2D eigenvalue weighted by molar-refractivity contribution is -0.120. The molecule has 0 saturated carbocycles. The monoisotopic (exact) mass is 342 g/mol. The van der Waals surface area contributed by atoms with Gasteiger partial charge in [-0.3, -0.25) is 4.79 Å². The van der Waals surface area contributed by atoms with Gasteiger partial charge in [0.1, 0.15) is 12.4 Å². The second kappa shape index (κ2) is 10.5. The fraction of sp³-hybridized carbons (Fsp3) is 0.350. The van der Waals surface area contributed by atoms with Crippen molar-refractivity contribution in [1.82, 2.24) is 10.6 Å². The van der Waals surface area contributed by atoms with E-state index in [1.165, 1.54) is 5.56 Å². The molecular weight excluding hydrogens is 316 g/mol. The molecule has 0 saturated heterocycles. The lowest BCUT2D eigenvalue weighted by atomic mass is 10.1. The van der Waals surface area contributed by atoms with E-state index in [1.54, 1.807) is 7.11 Å². The molecule has 2 aromatic carbocycles. The highest BCUT2D eigenvalue weighted by molar-refractivity contribution is 5.77. The van der Waals surface area contributed by atoms with Gasteiger partial charge in [0.2, 0.25) is 5.91 Å². The first-order valence-corrected chi connectivity index (χ1v) is 8.41. The van der Waals surface area contributed by atoms with Crippen molar-refractivity contribution in [2.75, 3.05) is 26.8 Å². The van der Waals surface area contributed by atoms with Crippen LogP contribution in [-0.2, 0) is 22.7 Å². The maximum atomic E-state index is 11.7. The number of amides is 1. The lowest BCUT2D eigenvalue weighted by Gasteiger charge is -2.09. The van der Waals surface area contributed by atoms with Gasteiger partial charge >= 0.3 is 0 Å². The zero-order valence-electron chi connectivity index (χ0n) is 14.9. The van der Waals surface area contributed by atoms with Gasteiger partial charge in [-0.05, 0) is 30.2 Å². The summed E-state index contributed by atoms with van der Waals surface area (Å²) in [6.07, 6.45) is 0. The minimum atomic E-state index is -0.0316. The quantitative estimate of drug-likeness (QED) is 0.651. The highest BCUT2D eigenvalue weighted by Crippen LogP contribution is 2.14. The average Bonchev–Trinajstić information content (AvgIpc) is 2.63. The van der Waals surface area contributed by atoms with E-state index in [0.717, 1.165) is 16.9 Å². The number of benzene rings is 2. The van der Waals surface area contributed by atoms with Crippen LogP contribution in [0.25, 0.3) is 0 Å². The van der Waals surface area contributed by atoms with Crippen LogP contribution in [-0.4, -0.2) is 32.7 Å². The summed E-state index contributed by atoms with van der Waals surface area (Å²) in [7, 11) is 1.63. The first-order valence-electron chi connectivity index (χ1n) is 8.41. The Morgan fingerprint density at radius 2 is 1.88 bits per heavy atom. The van der Waals surface area contributed by atoms with E-state index in [2.05, 4.69) is 35.8 Å². The summed E-state index contributed by atoms with van der Waals surface area (Å²) in [5.41, 5.74) is 3.41. The second-order valence-corrected chi connectivity index (χ2v) is 5.87. The number of hydrogen-bond acceptors (Lipinski definition) is 4. The topological polar surface area (TPSA) is 59.6 Å². The number of aryl methyl sites for hydroxylation is 1. The Balaban J connectivity index is 1.71. The van der Waals surface area contributed by atoms with Gasteiger partial charge in [0.05, 0.1) is 13.2 Å².